The number of rotatable bonds is 8. The predicted octanol–water partition coefficient (Wildman–Crippen LogP) is 4.35. The summed E-state index contributed by atoms with van der Waals surface area (Å²) < 4.78 is 18.1. The van der Waals surface area contributed by atoms with Gasteiger partial charge in [-0.15, -0.1) is 0 Å². The molecular weight excluding hydrogens is 491 g/mol. The molecule has 0 amide bonds. The highest BCUT2D eigenvalue weighted by molar-refractivity contribution is 7.70. The molecule has 2 aromatic carbocycles. The van der Waals surface area contributed by atoms with E-state index in [2.05, 4.69) is 37.8 Å². The first-order valence-electron chi connectivity index (χ1n) is 10.3. The standard InChI is InChI=1S/C23H24ClN6O4P/c1-25-11-7-8-15-12-20(34-2)18(13-19(15)30(31)32)28-23-26-14-16(24)22(29-23)27-17-9-5-6-10-21(17)35(3,4)33/h5-6,9-10,12-14,25H,11H2,1-4H3,(H2,26,27,28,29). The highest BCUT2D eigenvalue weighted by Gasteiger charge is 2.20. The first kappa shape index (κ1) is 26.0. The number of halogens is 1. The molecule has 0 saturated carbocycles. The van der Waals surface area contributed by atoms with Crippen LogP contribution in [0.25, 0.3) is 0 Å². The molecule has 182 valence electrons. The Morgan fingerprint density at radius 2 is 1.94 bits per heavy atom. The van der Waals surface area contributed by atoms with Gasteiger partial charge in [-0.05, 0) is 32.5 Å². The number of anilines is 4. The van der Waals surface area contributed by atoms with Crippen molar-refractivity contribution in [3.8, 4) is 17.6 Å². The van der Waals surface area contributed by atoms with E-state index in [1.807, 2.05) is 0 Å². The Balaban J connectivity index is 1.98. The van der Waals surface area contributed by atoms with Gasteiger partial charge in [-0.3, -0.25) is 10.1 Å². The molecule has 3 N–H and O–H groups in total. The van der Waals surface area contributed by atoms with Gasteiger partial charge >= 0.3 is 0 Å². The summed E-state index contributed by atoms with van der Waals surface area (Å²) in [5, 5.41) is 21.5. The molecule has 0 fully saturated rings. The number of hydrogen-bond donors (Lipinski definition) is 3. The van der Waals surface area contributed by atoms with Crippen LogP contribution in [0.5, 0.6) is 5.75 Å². The maximum absolute atomic E-state index is 12.7. The van der Waals surface area contributed by atoms with Crippen LogP contribution in [0.15, 0.2) is 42.6 Å². The third-order valence-electron chi connectivity index (χ3n) is 4.73. The van der Waals surface area contributed by atoms with E-state index in [1.165, 1.54) is 25.4 Å². The molecule has 3 aromatic rings. The molecule has 35 heavy (non-hydrogen) atoms. The summed E-state index contributed by atoms with van der Waals surface area (Å²) in [5.41, 5.74) is 0.899. The summed E-state index contributed by atoms with van der Waals surface area (Å²) in [6.45, 7) is 3.73. The van der Waals surface area contributed by atoms with Gasteiger partial charge in [0, 0.05) is 17.4 Å². The van der Waals surface area contributed by atoms with Crippen LogP contribution in [0, 0.1) is 22.0 Å². The van der Waals surface area contributed by atoms with E-state index in [9.17, 15) is 14.7 Å². The van der Waals surface area contributed by atoms with E-state index in [1.54, 1.807) is 44.6 Å². The van der Waals surface area contributed by atoms with Gasteiger partial charge in [0.25, 0.3) is 5.69 Å². The van der Waals surface area contributed by atoms with E-state index in [0.29, 0.717) is 23.3 Å². The fourth-order valence-corrected chi connectivity index (χ4v) is 4.42. The molecule has 0 spiro atoms. The Hall–Kier alpha value is -3.64. The topological polar surface area (TPSA) is 131 Å². The van der Waals surface area contributed by atoms with Crippen LogP contribution in [0.1, 0.15) is 5.56 Å². The van der Waals surface area contributed by atoms with Crippen LogP contribution >= 0.6 is 18.7 Å². The number of nitro groups is 1. The average molecular weight is 515 g/mol. The molecule has 0 radical (unpaired) electrons. The fourth-order valence-electron chi connectivity index (χ4n) is 3.13. The lowest BCUT2D eigenvalue weighted by Crippen LogP contribution is -2.11. The number of ether oxygens (including phenoxy) is 1. The van der Waals surface area contributed by atoms with Crippen LogP contribution in [0.2, 0.25) is 5.02 Å². The minimum Gasteiger partial charge on any atom is -0.495 e. The molecule has 3 rings (SSSR count). The minimum atomic E-state index is -2.58. The van der Waals surface area contributed by atoms with Crippen molar-refractivity contribution in [1.29, 1.82) is 0 Å². The lowest BCUT2D eigenvalue weighted by Gasteiger charge is -2.16. The van der Waals surface area contributed by atoms with E-state index >= 15 is 0 Å². The first-order valence-corrected chi connectivity index (χ1v) is 13.3. The number of hydrogen-bond acceptors (Lipinski definition) is 9. The molecule has 0 bridgehead atoms. The van der Waals surface area contributed by atoms with Crippen molar-refractivity contribution < 1.29 is 14.2 Å². The second-order valence-electron chi connectivity index (χ2n) is 7.67. The lowest BCUT2D eigenvalue weighted by atomic mass is 10.1. The number of methoxy groups -OCH3 is 1. The summed E-state index contributed by atoms with van der Waals surface area (Å²) in [5.74, 6) is 6.30. The van der Waals surface area contributed by atoms with Crippen LogP contribution < -0.4 is 26.0 Å². The molecule has 12 heteroatoms. The van der Waals surface area contributed by atoms with E-state index in [-0.39, 0.29) is 33.7 Å². The zero-order valence-corrected chi connectivity index (χ0v) is 21.2. The first-order chi connectivity index (χ1) is 16.6. The second-order valence-corrected chi connectivity index (χ2v) is 11.3. The summed E-state index contributed by atoms with van der Waals surface area (Å²) in [7, 11) is 0.597. The quantitative estimate of drug-likeness (QED) is 0.174. The SMILES string of the molecule is CNCC#Cc1cc(OC)c(Nc2ncc(Cl)c(Nc3ccccc3P(C)(C)=O)n2)cc1[N+](=O)[O-]. The molecule has 1 heterocycles. The van der Waals surface area contributed by atoms with Crippen molar-refractivity contribution in [2.24, 2.45) is 0 Å². The van der Waals surface area contributed by atoms with Crippen LogP contribution in [-0.4, -0.2) is 48.9 Å². The average Bonchev–Trinajstić information content (AvgIpc) is 2.81. The number of aromatic nitrogens is 2. The van der Waals surface area contributed by atoms with Crippen molar-refractivity contribution in [2.75, 3.05) is 44.7 Å². The van der Waals surface area contributed by atoms with Crippen molar-refractivity contribution >= 4 is 52.9 Å². The Kier molecular flexibility index (Phi) is 8.30. The Bertz CT molecular complexity index is 1370. The highest BCUT2D eigenvalue weighted by atomic mass is 35.5. The Morgan fingerprint density at radius 1 is 1.20 bits per heavy atom. The molecule has 0 aliphatic heterocycles. The van der Waals surface area contributed by atoms with Crippen molar-refractivity contribution in [3.05, 3.63) is 63.3 Å². The zero-order chi connectivity index (χ0) is 25.6. The van der Waals surface area contributed by atoms with Crippen molar-refractivity contribution in [2.45, 2.75) is 0 Å². The maximum atomic E-state index is 12.7. The van der Waals surface area contributed by atoms with Gasteiger partial charge in [0.15, 0.2) is 5.82 Å². The normalized spacial score (nSPS) is 10.8. The highest BCUT2D eigenvalue weighted by Crippen LogP contribution is 2.39. The van der Waals surface area contributed by atoms with Gasteiger partial charge in [-0.25, -0.2) is 4.98 Å². The number of nitrogens with zero attached hydrogens (tertiary/aromatic N) is 3. The summed E-state index contributed by atoms with van der Waals surface area (Å²) in [6.07, 6.45) is 1.39. The van der Waals surface area contributed by atoms with Crippen LogP contribution in [0.3, 0.4) is 0 Å². The lowest BCUT2D eigenvalue weighted by molar-refractivity contribution is -0.385. The Morgan fingerprint density at radius 3 is 2.60 bits per heavy atom. The van der Waals surface area contributed by atoms with E-state index in [4.69, 9.17) is 16.3 Å². The largest absolute Gasteiger partial charge is 0.495 e. The number of benzene rings is 2. The molecule has 0 unspecified atom stereocenters. The van der Waals surface area contributed by atoms with Crippen molar-refractivity contribution in [3.63, 3.8) is 0 Å². The zero-order valence-electron chi connectivity index (χ0n) is 19.5. The number of nitrogens with one attached hydrogen (secondary N) is 3. The molecule has 0 saturated heterocycles. The molecule has 0 aliphatic rings. The maximum Gasteiger partial charge on any atom is 0.287 e. The minimum absolute atomic E-state index is 0.118. The van der Waals surface area contributed by atoms with Gasteiger partial charge in [0.2, 0.25) is 5.95 Å². The number of nitro benzene ring substituents is 1. The second kappa shape index (κ2) is 11.2. The van der Waals surface area contributed by atoms with Crippen molar-refractivity contribution in [1.82, 2.24) is 15.3 Å². The third-order valence-corrected chi connectivity index (χ3v) is 6.56. The third kappa shape index (κ3) is 6.49. The van der Waals surface area contributed by atoms with E-state index in [0.717, 1.165) is 0 Å². The molecule has 1 aromatic heterocycles. The Labute approximate surface area is 208 Å². The van der Waals surface area contributed by atoms with Gasteiger partial charge in [-0.2, -0.15) is 4.98 Å². The molecule has 10 nitrogen and oxygen atoms in total. The number of para-hydroxylation sites is 1. The van der Waals surface area contributed by atoms with Gasteiger partial charge in [0.05, 0.1) is 36.1 Å². The molecular formula is C23H24ClN6O4P. The molecule has 0 atom stereocenters. The predicted molar refractivity (Wildman–Crippen MR) is 140 cm³/mol. The summed E-state index contributed by atoms with van der Waals surface area (Å²) in [4.78, 5) is 19.7. The van der Waals surface area contributed by atoms with Gasteiger partial charge < -0.3 is 25.3 Å². The summed E-state index contributed by atoms with van der Waals surface area (Å²) in [6, 6.07) is 9.96. The molecule has 0 aliphatic carbocycles. The van der Waals surface area contributed by atoms with Crippen LogP contribution in [0.4, 0.5) is 28.8 Å². The van der Waals surface area contributed by atoms with Gasteiger partial charge in [-0.1, -0.05) is 35.6 Å². The van der Waals surface area contributed by atoms with Crippen LogP contribution in [-0.2, 0) is 4.57 Å². The summed E-state index contributed by atoms with van der Waals surface area (Å²) >= 11 is 6.30. The monoisotopic (exact) mass is 514 g/mol. The van der Waals surface area contributed by atoms with Gasteiger partial charge in [0.1, 0.15) is 23.5 Å². The smallest absolute Gasteiger partial charge is 0.287 e. The van der Waals surface area contributed by atoms with E-state index < -0.39 is 12.1 Å². The fraction of sp³-hybridized carbons (Fsp3) is 0.217.